The molecule has 0 rings (SSSR count). The highest BCUT2D eigenvalue weighted by Crippen LogP contribution is 1.30. The van der Waals surface area contributed by atoms with E-state index in [4.69, 9.17) is 16.2 Å². The maximum atomic E-state index is 7.57. The summed E-state index contributed by atoms with van der Waals surface area (Å²) in [5, 5.41) is 7.57. The number of nitrogens with zero attached hydrogens (tertiary/aromatic N) is 3. The van der Waals surface area contributed by atoms with Crippen molar-refractivity contribution in [2.45, 2.75) is 6.92 Å². The van der Waals surface area contributed by atoms with Gasteiger partial charge in [-0.25, -0.2) is 0 Å². The van der Waals surface area contributed by atoms with E-state index in [1.807, 2.05) is 0 Å². The molecule has 36 valence electrons. The Bertz CT molecular complexity index is 38.1. The van der Waals surface area contributed by atoms with Gasteiger partial charge in [0.1, 0.15) is 0 Å². The number of rotatable bonds is 0. The van der Waals surface area contributed by atoms with Crippen LogP contribution in [0.5, 0.6) is 0 Å². The summed E-state index contributed by atoms with van der Waals surface area (Å²) in [6, 6.07) is 0. The summed E-state index contributed by atoms with van der Waals surface area (Å²) < 4.78 is 0. The van der Waals surface area contributed by atoms with Crippen LogP contribution in [0.25, 0.3) is 16.0 Å². The van der Waals surface area contributed by atoms with Gasteiger partial charge in [0.15, 0.2) is 0 Å². The highest BCUT2D eigenvalue weighted by atomic mass is 16.2. The van der Waals surface area contributed by atoms with Crippen LogP contribution in [0.15, 0.2) is 0 Å². The molecule has 0 bridgehead atoms. The van der Waals surface area contributed by atoms with Crippen LogP contribution in [0.4, 0.5) is 0 Å². The molecule has 0 aromatic carbocycles. The fourth-order valence-electron chi connectivity index (χ4n) is 0. The quantitative estimate of drug-likeness (QED) is 0.266. The molecule has 0 spiro atoms. The Kier molecular flexibility index (Phi) is 42.4. The average molecular weight is 88.1 g/mol. The summed E-state index contributed by atoms with van der Waals surface area (Å²) >= 11 is 0. The lowest BCUT2D eigenvalue weighted by Gasteiger charge is -1.52. The van der Waals surface area contributed by atoms with Gasteiger partial charge in [-0.15, -0.1) is 0 Å². The Labute approximate surface area is 35.8 Å². The molecule has 0 heterocycles. The lowest BCUT2D eigenvalue weighted by atomic mass is 10.9. The Hall–Kier alpha value is -0.730. The van der Waals surface area contributed by atoms with E-state index in [0.29, 0.717) is 0 Å². The lowest BCUT2D eigenvalue weighted by molar-refractivity contribution is 0.318. The maximum absolute atomic E-state index is 7.57. The summed E-state index contributed by atoms with van der Waals surface area (Å²) in [7, 11) is 0. The zero-order chi connectivity index (χ0) is 5.41. The van der Waals surface area contributed by atoms with Gasteiger partial charge in [-0.05, 0) is 6.92 Å². The van der Waals surface area contributed by atoms with Gasteiger partial charge in [0, 0.05) is 6.61 Å². The monoisotopic (exact) mass is 88.1 g/mol. The van der Waals surface area contributed by atoms with Crippen LogP contribution in [0.2, 0.25) is 0 Å². The summed E-state index contributed by atoms with van der Waals surface area (Å²) in [5.74, 6) is 0. The number of aliphatic hydroxyl groups is 1. The van der Waals surface area contributed by atoms with Crippen LogP contribution in [0, 0.1) is 0 Å². The lowest BCUT2D eigenvalue weighted by Crippen LogP contribution is -1.57. The molecule has 0 radical (unpaired) electrons. The number of hydrogen-bond acceptors (Lipinski definition) is 1. The molecule has 0 aromatic heterocycles. The van der Waals surface area contributed by atoms with Crippen molar-refractivity contribution in [3.63, 3.8) is 0 Å². The molecule has 0 saturated heterocycles. The smallest absolute Gasteiger partial charge is 0.0402 e. The third-order valence-electron chi connectivity index (χ3n) is 0. The minimum Gasteiger partial charge on any atom is -0.397 e. The van der Waals surface area contributed by atoms with Gasteiger partial charge in [-0.1, -0.05) is 0 Å². The van der Waals surface area contributed by atoms with Gasteiger partial charge < -0.3 is 16.2 Å². The minimum atomic E-state index is 0.250. The minimum absolute atomic E-state index is 0.250. The van der Waals surface area contributed by atoms with E-state index in [-0.39, 0.29) is 6.61 Å². The van der Waals surface area contributed by atoms with Crippen LogP contribution < -0.4 is 0 Å². The van der Waals surface area contributed by atoms with E-state index in [0.717, 1.165) is 0 Å². The van der Waals surface area contributed by atoms with Crippen molar-refractivity contribution >= 4 is 0 Å². The molecular weight excluding hydrogens is 82.0 g/mol. The molecule has 4 nitrogen and oxygen atoms in total. The molecule has 6 heavy (non-hydrogen) atoms. The first-order valence-electron chi connectivity index (χ1n) is 1.42. The van der Waals surface area contributed by atoms with Crippen LogP contribution in [0.1, 0.15) is 6.92 Å². The van der Waals surface area contributed by atoms with E-state index in [1.54, 1.807) is 6.92 Å². The highest BCUT2D eigenvalue weighted by molar-refractivity contribution is 4.36. The van der Waals surface area contributed by atoms with Crippen molar-refractivity contribution in [1.29, 1.82) is 0 Å². The van der Waals surface area contributed by atoms with Gasteiger partial charge in [-0.2, -0.15) is 0 Å². The van der Waals surface area contributed by atoms with E-state index in [1.165, 1.54) is 4.91 Å². The van der Waals surface area contributed by atoms with Crippen LogP contribution in [-0.4, -0.2) is 11.7 Å². The average Bonchev–Trinajstić information content (AvgIpc) is 1.39. The third-order valence-corrected chi connectivity index (χ3v) is 0. The molecule has 0 atom stereocenters. The zero-order valence-electron chi connectivity index (χ0n) is 3.50. The standard InChI is InChI=1S/C2H6O.N3/c1-2-3;1-3-2/h3H,2H2,1H3;/q;-1. The SMILES string of the molecule is CCO.[N-]=[N+]=[N-]. The second kappa shape index (κ2) is 28.3. The summed E-state index contributed by atoms with van der Waals surface area (Å²) in [5.41, 5.74) is 13.5. The molecule has 0 amide bonds. The van der Waals surface area contributed by atoms with Gasteiger partial charge in [-0.3, -0.25) is 4.91 Å². The van der Waals surface area contributed by atoms with Crippen molar-refractivity contribution in [3.8, 4) is 0 Å². The Morgan fingerprint density at radius 3 is 1.67 bits per heavy atom. The van der Waals surface area contributed by atoms with E-state index >= 15 is 0 Å². The van der Waals surface area contributed by atoms with Crippen molar-refractivity contribution in [3.05, 3.63) is 16.0 Å². The fourth-order valence-corrected chi connectivity index (χ4v) is 0. The second-order valence-corrected chi connectivity index (χ2v) is 0.406. The molecule has 0 aromatic rings. The van der Waals surface area contributed by atoms with E-state index in [9.17, 15) is 0 Å². The molecule has 0 aliphatic rings. The van der Waals surface area contributed by atoms with Crippen LogP contribution in [0.3, 0.4) is 0 Å². The molecule has 4 heteroatoms. The molecule has 0 aliphatic carbocycles. The molecule has 0 aliphatic heterocycles. The Morgan fingerprint density at radius 1 is 1.67 bits per heavy atom. The van der Waals surface area contributed by atoms with E-state index in [2.05, 4.69) is 0 Å². The molecule has 0 unspecified atom stereocenters. The summed E-state index contributed by atoms with van der Waals surface area (Å²) in [6.07, 6.45) is 0. The molecular formula is C2H6N3O-. The first-order chi connectivity index (χ1) is 2.83. The normalized spacial score (nSPS) is 4.33. The van der Waals surface area contributed by atoms with Gasteiger partial charge in [0.05, 0.1) is 0 Å². The van der Waals surface area contributed by atoms with Crippen molar-refractivity contribution < 1.29 is 5.11 Å². The molecule has 0 saturated carbocycles. The van der Waals surface area contributed by atoms with Crippen LogP contribution in [-0.2, 0) is 0 Å². The zero-order valence-corrected chi connectivity index (χ0v) is 3.50. The molecule has 1 N–H and O–H groups in total. The van der Waals surface area contributed by atoms with Crippen molar-refractivity contribution in [2.75, 3.05) is 6.61 Å². The predicted molar refractivity (Wildman–Crippen MR) is 22.8 cm³/mol. The van der Waals surface area contributed by atoms with Gasteiger partial charge in [0.25, 0.3) is 0 Å². The van der Waals surface area contributed by atoms with E-state index < -0.39 is 0 Å². The number of aliphatic hydroxyl groups excluding tert-OH is 1. The first-order valence-corrected chi connectivity index (χ1v) is 1.42. The van der Waals surface area contributed by atoms with Crippen molar-refractivity contribution in [1.82, 2.24) is 0 Å². The largest absolute Gasteiger partial charge is 0.397 e. The van der Waals surface area contributed by atoms with Gasteiger partial charge in [0.2, 0.25) is 0 Å². The Balaban J connectivity index is 0. The summed E-state index contributed by atoms with van der Waals surface area (Å²) in [6.45, 7) is 1.93. The van der Waals surface area contributed by atoms with Gasteiger partial charge >= 0.3 is 0 Å². The van der Waals surface area contributed by atoms with Crippen molar-refractivity contribution in [2.24, 2.45) is 0 Å². The first kappa shape index (κ1) is 8.99. The predicted octanol–water partition coefficient (Wildman–Crippen LogP) is 0.865. The Morgan fingerprint density at radius 2 is 1.67 bits per heavy atom. The number of hydrogen-bond donors (Lipinski definition) is 1. The fraction of sp³-hybridized carbons (Fsp3) is 1.00. The molecule has 0 fully saturated rings. The van der Waals surface area contributed by atoms with Crippen LogP contribution >= 0.6 is 0 Å². The highest BCUT2D eigenvalue weighted by Gasteiger charge is 1.34. The second-order valence-electron chi connectivity index (χ2n) is 0.406. The topological polar surface area (TPSA) is 78.9 Å². The third kappa shape index (κ3) is 31.6. The summed E-state index contributed by atoms with van der Waals surface area (Å²) in [4.78, 5) is 1.50. The maximum Gasteiger partial charge on any atom is 0.0402 e.